The van der Waals surface area contributed by atoms with E-state index in [0.29, 0.717) is 17.0 Å². The zero-order valence-corrected chi connectivity index (χ0v) is 22.5. The molecule has 1 saturated heterocycles. The van der Waals surface area contributed by atoms with Crippen molar-refractivity contribution in [2.45, 2.75) is 20.8 Å². The van der Waals surface area contributed by atoms with Crippen LogP contribution < -0.4 is 10.1 Å². The highest BCUT2D eigenvalue weighted by atomic mass is 32.2. The number of hydrogen-bond acceptors (Lipinski definition) is 7. The Morgan fingerprint density at radius 2 is 1.74 bits per heavy atom. The maximum absolute atomic E-state index is 13.0. The maximum atomic E-state index is 13.0. The standard InChI is InChI=1S/C28H27N3O6S/c1-16-13-19(18(3)31(16)23-8-6-7-22(17(23)2)27(34)37-5)14-24-26(33)30(28(35)38-24)15-25(32)29-20-9-11-21(36-4)12-10-20/h6-14H,15H2,1-5H3,(H,29,32)/b24-14+. The van der Waals surface area contributed by atoms with Crippen LogP contribution in [0.4, 0.5) is 10.5 Å². The molecule has 4 rings (SSSR count). The second kappa shape index (κ2) is 11.0. The summed E-state index contributed by atoms with van der Waals surface area (Å²) in [6.07, 6.45) is 1.66. The average molecular weight is 534 g/mol. The molecule has 3 amide bonds. The van der Waals surface area contributed by atoms with Crippen molar-refractivity contribution >= 4 is 46.5 Å². The molecule has 0 aliphatic carbocycles. The zero-order chi connectivity index (χ0) is 27.6. The predicted molar refractivity (Wildman–Crippen MR) is 146 cm³/mol. The quantitative estimate of drug-likeness (QED) is 0.341. The van der Waals surface area contributed by atoms with Crippen LogP contribution in [0, 0.1) is 20.8 Å². The molecule has 0 bridgehead atoms. The molecule has 2 heterocycles. The van der Waals surface area contributed by atoms with E-state index in [4.69, 9.17) is 9.47 Å². The number of benzene rings is 2. The number of carbonyl (C=O) groups is 4. The van der Waals surface area contributed by atoms with E-state index in [0.717, 1.165) is 44.9 Å². The number of rotatable bonds is 7. The van der Waals surface area contributed by atoms with Crippen LogP contribution in [0.5, 0.6) is 5.75 Å². The van der Waals surface area contributed by atoms with Crippen LogP contribution in [0.25, 0.3) is 11.8 Å². The number of esters is 1. The molecule has 2 aromatic carbocycles. The van der Waals surface area contributed by atoms with Gasteiger partial charge in [0.1, 0.15) is 12.3 Å². The highest BCUT2D eigenvalue weighted by Gasteiger charge is 2.36. The molecule has 1 aromatic heterocycles. The van der Waals surface area contributed by atoms with E-state index in [1.807, 2.05) is 37.5 Å². The number of methoxy groups -OCH3 is 2. The first-order valence-electron chi connectivity index (χ1n) is 11.7. The summed E-state index contributed by atoms with van der Waals surface area (Å²) in [5.74, 6) is -0.794. The van der Waals surface area contributed by atoms with Gasteiger partial charge >= 0.3 is 5.97 Å². The van der Waals surface area contributed by atoms with Crippen molar-refractivity contribution in [3.63, 3.8) is 0 Å². The van der Waals surface area contributed by atoms with Crippen molar-refractivity contribution in [3.8, 4) is 11.4 Å². The predicted octanol–water partition coefficient (Wildman–Crippen LogP) is 4.87. The van der Waals surface area contributed by atoms with Gasteiger partial charge in [0.05, 0.1) is 24.7 Å². The minimum Gasteiger partial charge on any atom is -0.497 e. The van der Waals surface area contributed by atoms with E-state index in [-0.39, 0.29) is 4.91 Å². The Labute approximate surface area is 224 Å². The average Bonchev–Trinajstić information content (AvgIpc) is 3.32. The monoisotopic (exact) mass is 533 g/mol. The van der Waals surface area contributed by atoms with Crippen LogP contribution in [-0.2, 0) is 14.3 Å². The van der Waals surface area contributed by atoms with Gasteiger partial charge < -0.3 is 19.4 Å². The Morgan fingerprint density at radius 3 is 2.39 bits per heavy atom. The maximum Gasteiger partial charge on any atom is 0.338 e. The number of amides is 3. The molecule has 0 spiro atoms. The van der Waals surface area contributed by atoms with Crippen LogP contribution in [0.1, 0.15) is 32.9 Å². The Hall–Kier alpha value is -4.31. The van der Waals surface area contributed by atoms with Gasteiger partial charge in [-0.15, -0.1) is 0 Å². The molecule has 9 nitrogen and oxygen atoms in total. The number of nitrogens with zero attached hydrogens (tertiary/aromatic N) is 2. The minimum absolute atomic E-state index is 0.229. The lowest BCUT2D eigenvalue weighted by Crippen LogP contribution is -2.36. The first-order chi connectivity index (χ1) is 18.1. The second-order valence-corrected chi connectivity index (χ2v) is 9.64. The summed E-state index contributed by atoms with van der Waals surface area (Å²) in [4.78, 5) is 51.5. The summed E-state index contributed by atoms with van der Waals surface area (Å²) in [6.45, 7) is 5.27. The van der Waals surface area contributed by atoms with Crippen LogP contribution in [0.2, 0.25) is 0 Å². The SMILES string of the molecule is COC(=O)c1cccc(-n2c(C)cc(/C=C3/SC(=O)N(CC(=O)Nc4ccc(OC)cc4)C3=O)c2C)c1C. The van der Waals surface area contributed by atoms with Crippen molar-refractivity contribution in [3.05, 3.63) is 81.5 Å². The molecule has 10 heteroatoms. The molecule has 38 heavy (non-hydrogen) atoms. The summed E-state index contributed by atoms with van der Waals surface area (Å²) in [5.41, 5.74) is 5.03. The summed E-state index contributed by atoms with van der Waals surface area (Å²) in [5, 5.41) is 2.17. The number of aromatic nitrogens is 1. The molecule has 0 saturated carbocycles. The third-order valence-electron chi connectivity index (χ3n) is 6.26. The lowest BCUT2D eigenvalue weighted by molar-refractivity contribution is -0.127. The second-order valence-electron chi connectivity index (χ2n) is 8.65. The summed E-state index contributed by atoms with van der Waals surface area (Å²) in [6, 6.07) is 14.0. The fraction of sp³-hybridized carbons (Fsp3) is 0.214. The Kier molecular flexibility index (Phi) is 7.72. The van der Waals surface area contributed by atoms with Gasteiger partial charge in [0.15, 0.2) is 0 Å². The topological polar surface area (TPSA) is 107 Å². The molecule has 1 fully saturated rings. The fourth-order valence-electron chi connectivity index (χ4n) is 4.30. The van der Waals surface area contributed by atoms with Gasteiger partial charge in [0.25, 0.3) is 11.1 Å². The Balaban J connectivity index is 1.55. The number of hydrogen-bond donors (Lipinski definition) is 1. The number of imide groups is 1. The highest BCUT2D eigenvalue weighted by molar-refractivity contribution is 8.18. The lowest BCUT2D eigenvalue weighted by atomic mass is 10.1. The van der Waals surface area contributed by atoms with Gasteiger partial charge in [-0.1, -0.05) is 6.07 Å². The Bertz CT molecular complexity index is 1470. The van der Waals surface area contributed by atoms with Crippen molar-refractivity contribution < 1.29 is 28.7 Å². The van der Waals surface area contributed by atoms with Gasteiger partial charge in [0.2, 0.25) is 5.91 Å². The third kappa shape index (κ3) is 5.21. The smallest absolute Gasteiger partial charge is 0.338 e. The van der Waals surface area contributed by atoms with Crippen LogP contribution in [0.15, 0.2) is 53.4 Å². The van der Waals surface area contributed by atoms with Gasteiger partial charge in [0, 0.05) is 22.8 Å². The molecule has 3 aromatic rings. The van der Waals surface area contributed by atoms with Crippen molar-refractivity contribution in [1.82, 2.24) is 9.47 Å². The van der Waals surface area contributed by atoms with Crippen LogP contribution in [0.3, 0.4) is 0 Å². The summed E-state index contributed by atoms with van der Waals surface area (Å²) < 4.78 is 12.0. The Morgan fingerprint density at radius 1 is 1.03 bits per heavy atom. The highest BCUT2D eigenvalue weighted by Crippen LogP contribution is 2.34. The molecule has 0 radical (unpaired) electrons. The number of thioether (sulfide) groups is 1. The van der Waals surface area contributed by atoms with Crippen molar-refractivity contribution in [2.24, 2.45) is 0 Å². The largest absolute Gasteiger partial charge is 0.497 e. The lowest BCUT2D eigenvalue weighted by Gasteiger charge is -2.15. The van der Waals surface area contributed by atoms with E-state index >= 15 is 0 Å². The molecule has 1 N–H and O–H groups in total. The summed E-state index contributed by atoms with van der Waals surface area (Å²) in [7, 11) is 2.89. The van der Waals surface area contributed by atoms with E-state index < -0.39 is 29.6 Å². The number of aryl methyl sites for hydroxylation is 1. The molecular weight excluding hydrogens is 506 g/mol. The number of ether oxygens (including phenoxy) is 2. The normalized spacial score (nSPS) is 14.2. The number of nitrogens with one attached hydrogen (secondary N) is 1. The van der Waals surface area contributed by atoms with Crippen LogP contribution >= 0.6 is 11.8 Å². The minimum atomic E-state index is -0.529. The molecule has 196 valence electrons. The first-order valence-corrected chi connectivity index (χ1v) is 12.5. The molecule has 1 aliphatic rings. The summed E-state index contributed by atoms with van der Waals surface area (Å²) >= 11 is 0.794. The van der Waals surface area contributed by atoms with E-state index in [2.05, 4.69) is 5.32 Å². The van der Waals surface area contributed by atoms with Gasteiger partial charge in [-0.2, -0.15) is 0 Å². The molecular formula is C28H27N3O6S. The van der Waals surface area contributed by atoms with Crippen molar-refractivity contribution in [2.75, 3.05) is 26.1 Å². The van der Waals surface area contributed by atoms with E-state index in [9.17, 15) is 19.2 Å². The van der Waals surface area contributed by atoms with Gasteiger partial charge in [-0.3, -0.25) is 19.3 Å². The van der Waals surface area contributed by atoms with E-state index in [1.54, 1.807) is 49.6 Å². The van der Waals surface area contributed by atoms with Crippen molar-refractivity contribution in [1.29, 1.82) is 0 Å². The molecule has 0 atom stereocenters. The molecule has 1 aliphatic heterocycles. The van der Waals surface area contributed by atoms with Gasteiger partial charge in [-0.05, 0) is 92.2 Å². The van der Waals surface area contributed by atoms with Crippen LogP contribution in [-0.4, -0.2) is 53.3 Å². The van der Waals surface area contributed by atoms with E-state index in [1.165, 1.54) is 7.11 Å². The third-order valence-corrected chi connectivity index (χ3v) is 7.16. The zero-order valence-electron chi connectivity index (χ0n) is 21.7. The first kappa shape index (κ1) is 26.7. The number of anilines is 1. The molecule has 0 unspecified atom stereocenters. The van der Waals surface area contributed by atoms with Gasteiger partial charge in [-0.25, -0.2) is 4.79 Å². The fourth-order valence-corrected chi connectivity index (χ4v) is 5.13. The number of carbonyl (C=O) groups excluding carboxylic acids is 4.